The molecule has 0 aromatic rings. The Hall–Kier alpha value is -0.300. The van der Waals surface area contributed by atoms with E-state index >= 15 is 0 Å². The van der Waals surface area contributed by atoms with Gasteiger partial charge < -0.3 is 5.11 Å². The fourth-order valence-electron chi connectivity index (χ4n) is 3.65. The lowest BCUT2D eigenvalue weighted by atomic mass is 9.58. The molecule has 2 aliphatic carbocycles. The molecule has 1 nitrogen and oxygen atoms in total. The van der Waals surface area contributed by atoms with Crippen LogP contribution in [0.2, 0.25) is 0 Å². The lowest BCUT2D eigenvalue weighted by molar-refractivity contribution is -0.0842. The highest BCUT2D eigenvalue weighted by Gasteiger charge is 2.47. The van der Waals surface area contributed by atoms with Crippen molar-refractivity contribution in [1.29, 1.82) is 0 Å². The summed E-state index contributed by atoms with van der Waals surface area (Å²) in [6.45, 7) is 8.68. The maximum atomic E-state index is 10.6. The van der Waals surface area contributed by atoms with E-state index in [1.807, 2.05) is 0 Å². The molecule has 0 spiro atoms. The second kappa shape index (κ2) is 3.10. The third-order valence-electron chi connectivity index (χ3n) is 3.98. The molecule has 0 saturated heterocycles. The predicted molar refractivity (Wildman–Crippen MR) is 59.1 cm³/mol. The van der Waals surface area contributed by atoms with Crippen molar-refractivity contribution in [3.05, 3.63) is 12.2 Å². The minimum Gasteiger partial charge on any atom is -0.389 e. The van der Waals surface area contributed by atoms with E-state index in [4.69, 9.17) is 0 Å². The highest BCUT2D eigenvalue weighted by molar-refractivity contribution is 5.17. The first-order valence-corrected chi connectivity index (χ1v) is 5.83. The molecule has 2 rings (SSSR count). The Morgan fingerprint density at radius 1 is 1.36 bits per heavy atom. The van der Waals surface area contributed by atoms with Gasteiger partial charge in [-0.2, -0.15) is 0 Å². The number of hydrogen-bond acceptors (Lipinski definition) is 1. The molecule has 0 amide bonds. The fraction of sp³-hybridized carbons (Fsp3) is 0.846. The Labute approximate surface area is 87.2 Å². The highest BCUT2D eigenvalue weighted by Crippen LogP contribution is 2.52. The molecule has 2 fully saturated rings. The Bertz CT molecular complexity index is 254. The fourth-order valence-corrected chi connectivity index (χ4v) is 3.65. The van der Waals surface area contributed by atoms with Crippen LogP contribution in [0.5, 0.6) is 0 Å². The van der Waals surface area contributed by atoms with E-state index in [9.17, 15) is 5.11 Å². The minimum atomic E-state index is -0.420. The monoisotopic (exact) mass is 194 g/mol. The highest BCUT2D eigenvalue weighted by atomic mass is 16.3. The van der Waals surface area contributed by atoms with Gasteiger partial charge >= 0.3 is 0 Å². The Morgan fingerprint density at radius 2 is 2.07 bits per heavy atom. The largest absolute Gasteiger partial charge is 0.389 e. The van der Waals surface area contributed by atoms with Crippen molar-refractivity contribution in [2.75, 3.05) is 0 Å². The summed E-state index contributed by atoms with van der Waals surface area (Å²) in [4.78, 5) is 0. The molecule has 2 aliphatic rings. The van der Waals surface area contributed by atoms with Gasteiger partial charge in [-0.1, -0.05) is 38.8 Å². The summed E-state index contributed by atoms with van der Waals surface area (Å²) in [5, 5.41) is 10.6. The Morgan fingerprint density at radius 3 is 2.79 bits per heavy atom. The average Bonchev–Trinajstić information content (AvgIpc) is 1.99. The van der Waals surface area contributed by atoms with Crippen molar-refractivity contribution in [3.63, 3.8) is 0 Å². The molecule has 0 aromatic heterocycles. The summed E-state index contributed by atoms with van der Waals surface area (Å²) in [6, 6.07) is 0. The van der Waals surface area contributed by atoms with Crippen LogP contribution in [0.3, 0.4) is 0 Å². The maximum Gasteiger partial charge on any atom is 0.0717 e. The lowest BCUT2D eigenvalue weighted by Crippen LogP contribution is -2.48. The first-order chi connectivity index (χ1) is 6.43. The molecule has 0 unspecified atom stereocenters. The smallest absolute Gasteiger partial charge is 0.0717 e. The lowest BCUT2D eigenvalue weighted by Gasteiger charge is -2.50. The predicted octanol–water partition coefficient (Wildman–Crippen LogP) is 3.28. The number of fused-ring (bicyclic) bond motifs is 1. The molecule has 0 heterocycles. The van der Waals surface area contributed by atoms with Crippen LogP contribution in [0, 0.1) is 11.3 Å². The van der Waals surface area contributed by atoms with Gasteiger partial charge in [-0.25, -0.2) is 0 Å². The van der Waals surface area contributed by atoms with Crippen LogP contribution in [-0.2, 0) is 0 Å². The van der Waals surface area contributed by atoms with Gasteiger partial charge in [0.2, 0.25) is 0 Å². The van der Waals surface area contributed by atoms with Crippen LogP contribution in [0.25, 0.3) is 0 Å². The molecule has 1 N–H and O–H groups in total. The molecular weight excluding hydrogens is 172 g/mol. The van der Waals surface area contributed by atoms with Crippen molar-refractivity contribution in [2.24, 2.45) is 11.3 Å². The van der Waals surface area contributed by atoms with Crippen molar-refractivity contribution in [1.82, 2.24) is 0 Å². The van der Waals surface area contributed by atoms with Crippen LogP contribution >= 0.6 is 0 Å². The van der Waals surface area contributed by atoms with Gasteiger partial charge in [0.15, 0.2) is 0 Å². The van der Waals surface area contributed by atoms with Crippen LogP contribution < -0.4 is 0 Å². The van der Waals surface area contributed by atoms with Crippen LogP contribution in [0.15, 0.2) is 12.2 Å². The quantitative estimate of drug-likeness (QED) is 0.587. The second-order valence-corrected chi connectivity index (χ2v) is 6.08. The van der Waals surface area contributed by atoms with Crippen molar-refractivity contribution in [3.8, 4) is 0 Å². The van der Waals surface area contributed by atoms with Gasteiger partial charge in [-0.05, 0) is 31.1 Å². The van der Waals surface area contributed by atoms with E-state index in [1.165, 1.54) is 18.4 Å². The summed E-state index contributed by atoms with van der Waals surface area (Å²) in [5.74, 6) is 0.393. The van der Waals surface area contributed by atoms with E-state index in [-0.39, 0.29) is 5.41 Å². The van der Waals surface area contributed by atoms with Crippen molar-refractivity contribution in [2.45, 2.75) is 58.0 Å². The summed E-state index contributed by atoms with van der Waals surface area (Å²) < 4.78 is 0. The molecule has 80 valence electrons. The third-order valence-corrected chi connectivity index (χ3v) is 3.98. The molecule has 14 heavy (non-hydrogen) atoms. The van der Waals surface area contributed by atoms with E-state index in [2.05, 4.69) is 20.4 Å². The van der Waals surface area contributed by atoms with Gasteiger partial charge in [0.25, 0.3) is 0 Å². The zero-order valence-corrected chi connectivity index (χ0v) is 9.47. The molecular formula is C13H22O. The van der Waals surface area contributed by atoms with Gasteiger partial charge in [-0.15, -0.1) is 0 Å². The molecule has 0 aromatic carbocycles. The molecule has 2 saturated carbocycles. The first-order valence-electron chi connectivity index (χ1n) is 5.83. The van der Waals surface area contributed by atoms with E-state index in [0.29, 0.717) is 5.92 Å². The number of rotatable bonds is 0. The van der Waals surface area contributed by atoms with Crippen molar-refractivity contribution >= 4 is 0 Å². The molecule has 2 atom stereocenters. The zero-order chi connectivity index (χ0) is 10.4. The van der Waals surface area contributed by atoms with E-state index in [0.717, 1.165) is 25.7 Å². The molecule has 0 aliphatic heterocycles. The van der Waals surface area contributed by atoms with Crippen LogP contribution in [-0.4, -0.2) is 10.7 Å². The third kappa shape index (κ3) is 1.63. The summed E-state index contributed by atoms with van der Waals surface area (Å²) in [6.07, 6.45) is 6.66. The van der Waals surface area contributed by atoms with Gasteiger partial charge in [0, 0.05) is 5.92 Å². The minimum absolute atomic E-state index is 0.250. The molecule has 1 heteroatoms. The topological polar surface area (TPSA) is 20.2 Å². The first kappa shape index (κ1) is 10.2. The Kier molecular flexibility index (Phi) is 2.26. The average molecular weight is 194 g/mol. The van der Waals surface area contributed by atoms with Crippen LogP contribution in [0.4, 0.5) is 0 Å². The van der Waals surface area contributed by atoms with Gasteiger partial charge in [-0.3, -0.25) is 0 Å². The van der Waals surface area contributed by atoms with E-state index in [1.54, 1.807) is 0 Å². The van der Waals surface area contributed by atoms with Crippen LogP contribution in [0.1, 0.15) is 52.4 Å². The number of aliphatic hydroxyl groups is 1. The van der Waals surface area contributed by atoms with Gasteiger partial charge in [0.05, 0.1) is 5.60 Å². The zero-order valence-electron chi connectivity index (χ0n) is 9.47. The Balaban J connectivity index is 2.25. The summed E-state index contributed by atoms with van der Waals surface area (Å²) in [5.41, 5.74) is 1.12. The second-order valence-electron chi connectivity index (χ2n) is 6.08. The maximum absolute atomic E-state index is 10.6. The van der Waals surface area contributed by atoms with Crippen molar-refractivity contribution < 1.29 is 5.11 Å². The molecule has 0 bridgehead atoms. The summed E-state index contributed by atoms with van der Waals surface area (Å²) >= 11 is 0. The SMILES string of the molecule is C=C1CC(C)(C)C[C@]2(O)CCCC[C@@H]12. The normalized spacial score (nSPS) is 41.9. The number of hydrogen-bond donors (Lipinski definition) is 1. The van der Waals surface area contributed by atoms with Gasteiger partial charge in [0.1, 0.15) is 0 Å². The summed E-state index contributed by atoms with van der Waals surface area (Å²) in [7, 11) is 0. The standard InChI is InChI=1S/C13H22O/c1-10-8-12(2,3)9-13(14)7-5-4-6-11(10)13/h11,14H,1,4-9H2,2-3H3/t11-,13+/m0/s1. The van der Waals surface area contributed by atoms with E-state index < -0.39 is 5.60 Å². The molecule has 0 radical (unpaired) electrons.